The molecule has 0 aromatic carbocycles. The van der Waals surface area contributed by atoms with E-state index in [9.17, 15) is 14.4 Å². The van der Waals surface area contributed by atoms with E-state index in [0.717, 1.165) is 0 Å². The van der Waals surface area contributed by atoms with E-state index in [0.29, 0.717) is 0 Å². The molecule has 0 aromatic rings. The van der Waals surface area contributed by atoms with Gasteiger partial charge < -0.3 is 42.6 Å². The van der Waals surface area contributed by atoms with Crippen LogP contribution in [-0.2, 0) is 57.0 Å². The van der Waals surface area contributed by atoms with E-state index in [2.05, 4.69) is 0 Å². The molecule has 3 fully saturated rings. The minimum atomic E-state index is -1.23. The third-order valence-electron chi connectivity index (χ3n) is 5.72. The maximum atomic E-state index is 11.9. The summed E-state index contributed by atoms with van der Waals surface area (Å²) in [5.74, 6) is -2.85. The summed E-state index contributed by atoms with van der Waals surface area (Å²) in [7, 11) is 1.51. The van der Waals surface area contributed by atoms with Crippen molar-refractivity contribution in [2.75, 3.05) is 7.11 Å². The van der Waals surface area contributed by atoms with Crippen molar-refractivity contribution in [3.8, 4) is 0 Å². The smallest absolute Gasteiger partial charge is 0.303 e. The molecule has 0 amide bonds. The van der Waals surface area contributed by atoms with Gasteiger partial charge in [0.1, 0.15) is 18.3 Å². The maximum Gasteiger partial charge on any atom is 0.303 e. The van der Waals surface area contributed by atoms with E-state index in [1.54, 1.807) is 27.7 Å². The van der Waals surface area contributed by atoms with Crippen molar-refractivity contribution in [3.05, 3.63) is 0 Å². The molecule has 10 atom stereocenters. The Morgan fingerprint density at radius 1 is 0.676 bits per heavy atom. The fraction of sp³-hybridized carbons (Fsp3) is 0.864. The third-order valence-corrected chi connectivity index (χ3v) is 5.72. The Morgan fingerprint density at radius 2 is 1.15 bits per heavy atom. The third kappa shape index (κ3) is 5.86. The first kappa shape index (κ1) is 26.8. The number of rotatable bonds is 6. The van der Waals surface area contributed by atoms with Crippen molar-refractivity contribution in [2.24, 2.45) is 0 Å². The molecule has 0 aromatic heterocycles. The van der Waals surface area contributed by atoms with Gasteiger partial charge in [-0.05, 0) is 27.7 Å². The van der Waals surface area contributed by atoms with Gasteiger partial charge in [-0.2, -0.15) is 0 Å². The number of hydrogen-bond donors (Lipinski definition) is 0. The second kappa shape index (κ2) is 10.4. The Morgan fingerprint density at radius 3 is 1.71 bits per heavy atom. The molecule has 3 rings (SSSR count). The second-order valence-electron chi connectivity index (χ2n) is 9.04. The first-order valence-electron chi connectivity index (χ1n) is 11.2. The van der Waals surface area contributed by atoms with Crippen LogP contribution in [0.15, 0.2) is 0 Å². The van der Waals surface area contributed by atoms with Gasteiger partial charge in [-0.3, -0.25) is 14.4 Å². The van der Waals surface area contributed by atoms with Crippen LogP contribution in [0.25, 0.3) is 0 Å². The maximum absolute atomic E-state index is 11.9. The Bertz CT molecular complexity index is 769. The molecule has 3 heterocycles. The second-order valence-corrected chi connectivity index (χ2v) is 9.04. The predicted octanol–water partition coefficient (Wildman–Crippen LogP) is 0.823. The topological polar surface area (TPSA) is 134 Å². The van der Waals surface area contributed by atoms with Gasteiger partial charge in [-0.1, -0.05) is 0 Å². The Kier molecular flexibility index (Phi) is 8.21. The molecule has 34 heavy (non-hydrogen) atoms. The molecular formula is C22H34O12. The molecule has 3 aliphatic rings. The van der Waals surface area contributed by atoms with Crippen molar-refractivity contribution in [2.45, 2.75) is 116 Å². The molecule has 194 valence electrons. The molecule has 0 saturated carbocycles. The average molecular weight is 491 g/mol. The summed E-state index contributed by atoms with van der Waals surface area (Å²) in [5.41, 5.74) is 0. The largest absolute Gasteiger partial charge is 0.456 e. The number of hydrogen-bond acceptors (Lipinski definition) is 12. The molecule has 0 radical (unpaired) electrons. The fourth-order valence-corrected chi connectivity index (χ4v) is 4.53. The summed E-state index contributed by atoms with van der Waals surface area (Å²) in [6.45, 7) is 10.6. The Labute approximate surface area is 198 Å². The number of carbonyl (C=O) groups excluding carboxylic acids is 3. The molecule has 3 saturated heterocycles. The summed E-state index contributed by atoms with van der Waals surface area (Å²) in [6.07, 6.45) is -8.51. The standard InChI is InChI=1S/C22H34O12/c1-9-14(29-11(3)23)16(30-12(4)24)18(31-13(5)25)21(28-9)32-15-10(2)27-20(26-8)19-17(15)33-22(6,7)34-19/h9-10,14-21H,1-8H3. The lowest BCUT2D eigenvalue weighted by molar-refractivity contribution is -0.342. The molecule has 0 spiro atoms. The van der Waals surface area contributed by atoms with Gasteiger partial charge in [0.05, 0.1) is 12.2 Å². The van der Waals surface area contributed by atoms with E-state index in [1.807, 2.05) is 0 Å². The molecule has 0 bridgehead atoms. The van der Waals surface area contributed by atoms with Crippen LogP contribution in [-0.4, -0.2) is 92.2 Å². The van der Waals surface area contributed by atoms with Crippen LogP contribution in [0.1, 0.15) is 48.5 Å². The average Bonchev–Trinajstić information content (AvgIpc) is 3.03. The van der Waals surface area contributed by atoms with Gasteiger partial charge in [0.15, 0.2) is 36.7 Å². The summed E-state index contributed by atoms with van der Waals surface area (Å²) in [4.78, 5) is 35.5. The van der Waals surface area contributed by atoms with Gasteiger partial charge in [-0.25, -0.2) is 0 Å². The predicted molar refractivity (Wildman–Crippen MR) is 111 cm³/mol. The zero-order valence-corrected chi connectivity index (χ0v) is 20.7. The van der Waals surface area contributed by atoms with E-state index < -0.39 is 85.1 Å². The van der Waals surface area contributed by atoms with E-state index in [1.165, 1.54) is 27.9 Å². The van der Waals surface area contributed by atoms with E-state index >= 15 is 0 Å². The van der Waals surface area contributed by atoms with Crippen molar-refractivity contribution in [1.82, 2.24) is 0 Å². The molecule has 12 heteroatoms. The number of carbonyl (C=O) groups is 3. The lowest BCUT2D eigenvalue weighted by Gasteiger charge is -2.46. The van der Waals surface area contributed by atoms with Crippen molar-refractivity contribution >= 4 is 17.9 Å². The van der Waals surface area contributed by atoms with Gasteiger partial charge in [0.2, 0.25) is 0 Å². The van der Waals surface area contributed by atoms with Gasteiger partial charge in [0.25, 0.3) is 0 Å². The molecule has 10 unspecified atom stereocenters. The first-order valence-corrected chi connectivity index (χ1v) is 11.2. The van der Waals surface area contributed by atoms with Crippen molar-refractivity contribution in [3.63, 3.8) is 0 Å². The van der Waals surface area contributed by atoms with Crippen LogP contribution >= 0.6 is 0 Å². The van der Waals surface area contributed by atoms with Crippen LogP contribution in [0.4, 0.5) is 0 Å². The first-order chi connectivity index (χ1) is 15.8. The highest BCUT2D eigenvalue weighted by Gasteiger charge is 2.58. The van der Waals surface area contributed by atoms with Crippen LogP contribution < -0.4 is 0 Å². The molecular weight excluding hydrogens is 456 g/mol. The number of esters is 3. The fourth-order valence-electron chi connectivity index (χ4n) is 4.53. The quantitative estimate of drug-likeness (QED) is 0.385. The molecule has 0 N–H and O–H groups in total. The Balaban J connectivity index is 1.90. The summed E-state index contributed by atoms with van der Waals surface area (Å²) in [5, 5.41) is 0. The van der Waals surface area contributed by atoms with Crippen LogP contribution in [0.2, 0.25) is 0 Å². The summed E-state index contributed by atoms with van der Waals surface area (Å²) >= 11 is 0. The zero-order chi connectivity index (χ0) is 25.4. The highest BCUT2D eigenvalue weighted by Crippen LogP contribution is 2.40. The minimum Gasteiger partial charge on any atom is -0.456 e. The zero-order valence-electron chi connectivity index (χ0n) is 20.7. The molecule has 0 aliphatic carbocycles. The van der Waals surface area contributed by atoms with Gasteiger partial charge in [-0.15, -0.1) is 0 Å². The van der Waals surface area contributed by atoms with Crippen LogP contribution in [0.3, 0.4) is 0 Å². The van der Waals surface area contributed by atoms with Crippen LogP contribution in [0, 0.1) is 0 Å². The minimum absolute atomic E-state index is 0.529. The lowest BCUT2D eigenvalue weighted by Crippen LogP contribution is -2.64. The van der Waals surface area contributed by atoms with Gasteiger partial charge >= 0.3 is 17.9 Å². The van der Waals surface area contributed by atoms with E-state index in [-0.39, 0.29) is 0 Å². The van der Waals surface area contributed by atoms with Crippen molar-refractivity contribution in [1.29, 1.82) is 0 Å². The van der Waals surface area contributed by atoms with Crippen molar-refractivity contribution < 1.29 is 57.0 Å². The SMILES string of the molecule is COC1OC(C)C(OC2OC(C)C(OC(C)=O)C(OC(C)=O)C2OC(C)=O)C2OC(C)(C)OC12. The summed E-state index contributed by atoms with van der Waals surface area (Å²) < 4.78 is 51.9. The van der Waals surface area contributed by atoms with Gasteiger partial charge in [0, 0.05) is 27.9 Å². The van der Waals surface area contributed by atoms with E-state index in [4.69, 9.17) is 42.6 Å². The molecule has 3 aliphatic heterocycles. The lowest BCUT2D eigenvalue weighted by atomic mass is 9.97. The normalized spacial score (nSPS) is 41.3. The van der Waals surface area contributed by atoms with Crippen LogP contribution in [0.5, 0.6) is 0 Å². The highest BCUT2D eigenvalue weighted by atomic mass is 16.8. The summed E-state index contributed by atoms with van der Waals surface area (Å²) in [6, 6.07) is 0. The number of ether oxygens (including phenoxy) is 9. The monoisotopic (exact) mass is 490 g/mol. The highest BCUT2D eigenvalue weighted by molar-refractivity contribution is 5.68. The number of fused-ring (bicyclic) bond motifs is 1. The molecule has 12 nitrogen and oxygen atoms in total. The Hall–Kier alpha value is -1.83. The number of methoxy groups -OCH3 is 1.